The van der Waals surface area contributed by atoms with Crippen molar-refractivity contribution in [2.75, 3.05) is 6.54 Å². The van der Waals surface area contributed by atoms with E-state index in [0.717, 1.165) is 0 Å². The van der Waals surface area contributed by atoms with Gasteiger partial charge in [0, 0.05) is 6.07 Å². The molecule has 0 unspecified atom stereocenters. The van der Waals surface area contributed by atoms with Gasteiger partial charge in [0.2, 0.25) is 0 Å². The molecule has 0 spiro atoms. The van der Waals surface area contributed by atoms with Gasteiger partial charge in [0.15, 0.2) is 0 Å². The zero-order valence-corrected chi connectivity index (χ0v) is 8.14. The minimum Gasteiger partial charge on any atom is -0.478 e. The highest BCUT2D eigenvalue weighted by atomic mass is 16.6. The number of hydrogen-bond acceptors (Lipinski definition) is 4. The Bertz CT molecular complexity index is 467. The van der Waals surface area contributed by atoms with E-state index in [4.69, 9.17) is 10.8 Å². The highest BCUT2D eigenvalue weighted by molar-refractivity contribution is 5.92. The van der Waals surface area contributed by atoms with Gasteiger partial charge in [-0.1, -0.05) is 17.9 Å². The van der Waals surface area contributed by atoms with E-state index < -0.39 is 10.9 Å². The number of nitrogens with zero attached hydrogens (tertiary/aromatic N) is 1. The van der Waals surface area contributed by atoms with E-state index in [1.54, 1.807) is 0 Å². The van der Waals surface area contributed by atoms with Gasteiger partial charge >= 0.3 is 5.97 Å². The molecule has 0 bridgehead atoms. The predicted octanol–water partition coefficient (Wildman–Crippen LogP) is 0.603. The van der Waals surface area contributed by atoms with Gasteiger partial charge in [0.1, 0.15) is 5.56 Å². The molecule has 82 valence electrons. The molecule has 1 aromatic carbocycles. The number of nitro benzene ring substituents is 1. The highest BCUT2D eigenvalue weighted by Crippen LogP contribution is 2.21. The van der Waals surface area contributed by atoms with Crippen molar-refractivity contribution < 1.29 is 14.8 Å². The second kappa shape index (κ2) is 4.91. The molecule has 1 aromatic rings. The molecule has 0 fully saturated rings. The van der Waals surface area contributed by atoms with Crippen molar-refractivity contribution in [2.24, 2.45) is 5.73 Å². The number of benzene rings is 1. The Kier molecular flexibility index (Phi) is 3.58. The minimum atomic E-state index is -1.26. The number of carboxylic acids is 1. The Morgan fingerprint density at radius 3 is 2.75 bits per heavy atom. The normalized spacial score (nSPS) is 9.06. The first-order valence-electron chi connectivity index (χ1n) is 4.27. The van der Waals surface area contributed by atoms with Gasteiger partial charge < -0.3 is 10.8 Å². The molecule has 6 heteroatoms. The number of rotatable bonds is 2. The van der Waals surface area contributed by atoms with Crippen LogP contribution in [0.1, 0.15) is 15.9 Å². The number of nitro groups is 1. The Labute approximate surface area is 90.8 Å². The van der Waals surface area contributed by atoms with Crippen molar-refractivity contribution in [3.8, 4) is 11.8 Å². The first-order valence-corrected chi connectivity index (χ1v) is 4.27. The van der Waals surface area contributed by atoms with Gasteiger partial charge in [0.25, 0.3) is 5.69 Å². The molecule has 0 saturated heterocycles. The third-order valence-electron chi connectivity index (χ3n) is 1.79. The summed E-state index contributed by atoms with van der Waals surface area (Å²) in [5.41, 5.74) is 4.49. The van der Waals surface area contributed by atoms with Crippen LogP contribution in [-0.4, -0.2) is 22.5 Å². The summed E-state index contributed by atoms with van der Waals surface area (Å²) >= 11 is 0. The average molecular weight is 220 g/mol. The first kappa shape index (κ1) is 11.7. The van der Waals surface area contributed by atoms with E-state index in [1.165, 1.54) is 18.2 Å². The van der Waals surface area contributed by atoms with E-state index >= 15 is 0 Å². The lowest BCUT2D eigenvalue weighted by Gasteiger charge is -1.99. The van der Waals surface area contributed by atoms with Gasteiger partial charge in [-0.3, -0.25) is 10.1 Å². The van der Waals surface area contributed by atoms with Crippen LogP contribution in [0.2, 0.25) is 0 Å². The SMILES string of the molecule is NCC#Cc1c(C(=O)O)cccc1[N+](=O)[O-]. The lowest BCUT2D eigenvalue weighted by atomic mass is 10.1. The molecule has 3 N–H and O–H groups in total. The molecule has 0 heterocycles. The number of aromatic carboxylic acids is 1. The molecule has 1 rings (SSSR count). The number of nitrogens with two attached hydrogens (primary N) is 1. The van der Waals surface area contributed by atoms with Crippen LogP contribution in [-0.2, 0) is 0 Å². The second-order valence-electron chi connectivity index (χ2n) is 2.77. The minimum absolute atomic E-state index is 0.00507. The third kappa shape index (κ3) is 2.34. The molecule has 0 aliphatic rings. The summed E-state index contributed by atoms with van der Waals surface area (Å²) in [7, 11) is 0. The monoisotopic (exact) mass is 220 g/mol. The molecule has 0 atom stereocenters. The van der Waals surface area contributed by atoms with Crippen molar-refractivity contribution in [1.29, 1.82) is 0 Å². The molecule has 0 saturated carbocycles. The number of carboxylic acid groups (broad SMARTS) is 1. The molecule has 0 aliphatic carbocycles. The summed E-state index contributed by atoms with van der Waals surface area (Å²) in [6.45, 7) is 0.00507. The second-order valence-corrected chi connectivity index (χ2v) is 2.77. The fraction of sp³-hybridized carbons (Fsp3) is 0.100. The van der Waals surface area contributed by atoms with Crippen LogP contribution < -0.4 is 5.73 Å². The van der Waals surface area contributed by atoms with Gasteiger partial charge in [-0.05, 0) is 6.07 Å². The maximum Gasteiger partial charge on any atom is 0.337 e. The predicted molar refractivity (Wildman–Crippen MR) is 56.0 cm³/mol. The van der Waals surface area contributed by atoms with Crippen LogP contribution in [0, 0.1) is 22.0 Å². The van der Waals surface area contributed by atoms with Crippen molar-refractivity contribution in [2.45, 2.75) is 0 Å². The molecular formula is C10H8N2O4. The van der Waals surface area contributed by atoms with E-state index in [0.29, 0.717) is 0 Å². The van der Waals surface area contributed by atoms with Crippen molar-refractivity contribution in [1.82, 2.24) is 0 Å². The standard InChI is InChI=1S/C10H8N2O4/c11-6-2-4-7-8(10(13)14)3-1-5-9(7)12(15)16/h1,3,5H,6,11H2,(H,13,14). The summed E-state index contributed by atoms with van der Waals surface area (Å²) in [6.07, 6.45) is 0. The van der Waals surface area contributed by atoms with Gasteiger partial charge in [-0.15, -0.1) is 0 Å². The third-order valence-corrected chi connectivity index (χ3v) is 1.79. The maximum absolute atomic E-state index is 10.8. The lowest BCUT2D eigenvalue weighted by molar-refractivity contribution is -0.385. The van der Waals surface area contributed by atoms with Gasteiger partial charge in [-0.2, -0.15) is 0 Å². The summed E-state index contributed by atoms with van der Waals surface area (Å²) < 4.78 is 0. The molecular weight excluding hydrogens is 212 g/mol. The van der Waals surface area contributed by atoms with Gasteiger partial charge in [-0.25, -0.2) is 4.79 Å². The zero-order valence-electron chi connectivity index (χ0n) is 8.14. The fourth-order valence-electron chi connectivity index (χ4n) is 1.14. The number of carbonyl (C=O) groups is 1. The summed E-state index contributed by atoms with van der Waals surface area (Å²) in [6, 6.07) is 3.76. The Balaban J connectivity index is 3.46. The largest absolute Gasteiger partial charge is 0.478 e. The maximum atomic E-state index is 10.8. The molecule has 0 amide bonds. The molecule has 6 nitrogen and oxygen atoms in total. The van der Waals surface area contributed by atoms with Crippen molar-refractivity contribution in [3.05, 3.63) is 39.4 Å². The van der Waals surface area contributed by atoms with E-state index in [1.807, 2.05) is 0 Å². The summed E-state index contributed by atoms with van der Waals surface area (Å²) in [4.78, 5) is 20.8. The average Bonchev–Trinajstić information content (AvgIpc) is 2.25. The van der Waals surface area contributed by atoms with Crippen LogP contribution in [0.3, 0.4) is 0 Å². The Hall–Kier alpha value is -2.39. The Morgan fingerprint density at radius 1 is 1.56 bits per heavy atom. The van der Waals surface area contributed by atoms with Crippen LogP contribution in [0.15, 0.2) is 18.2 Å². The molecule has 0 radical (unpaired) electrons. The van der Waals surface area contributed by atoms with Crippen molar-refractivity contribution in [3.63, 3.8) is 0 Å². The lowest BCUT2D eigenvalue weighted by Crippen LogP contribution is -2.04. The van der Waals surface area contributed by atoms with Crippen LogP contribution in [0.4, 0.5) is 5.69 Å². The molecule has 0 aromatic heterocycles. The fourth-order valence-corrected chi connectivity index (χ4v) is 1.14. The van der Waals surface area contributed by atoms with Gasteiger partial charge in [0.05, 0.1) is 17.0 Å². The highest BCUT2D eigenvalue weighted by Gasteiger charge is 2.19. The first-order chi connectivity index (χ1) is 7.57. The van der Waals surface area contributed by atoms with Crippen LogP contribution >= 0.6 is 0 Å². The van der Waals surface area contributed by atoms with E-state index in [-0.39, 0.29) is 23.4 Å². The topological polar surface area (TPSA) is 106 Å². The van der Waals surface area contributed by atoms with E-state index in [9.17, 15) is 14.9 Å². The van der Waals surface area contributed by atoms with E-state index in [2.05, 4.69) is 11.8 Å². The summed E-state index contributed by atoms with van der Waals surface area (Å²) in [5.74, 6) is 3.55. The zero-order chi connectivity index (χ0) is 12.1. The van der Waals surface area contributed by atoms with Crippen molar-refractivity contribution >= 4 is 11.7 Å². The Morgan fingerprint density at radius 2 is 2.25 bits per heavy atom. The molecule has 16 heavy (non-hydrogen) atoms. The molecule has 0 aliphatic heterocycles. The van der Waals surface area contributed by atoms with Crippen LogP contribution in [0.5, 0.6) is 0 Å². The smallest absolute Gasteiger partial charge is 0.337 e. The number of hydrogen-bond donors (Lipinski definition) is 2. The van der Waals surface area contributed by atoms with Crippen LogP contribution in [0.25, 0.3) is 0 Å². The summed E-state index contributed by atoms with van der Waals surface area (Å²) in [5, 5.41) is 19.5. The quantitative estimate of drug-likeness (QED) is 0.431.